The molecule has 1 unspecified atom stereocenters. The third-order valence-electron chi connectivity index (χ3n) is 2.46. The molecule has 0 aliphatic carbocycles. The van der Waals surface area contributed by atoms with Crippen LogP contribution in [-0.2, 0) is 16.0 Å². The zero-order chi connectivity index (χ0) is 14.0. The van der Waals surface area contributed by atoms with Crippen molar-refractivity contribution < 1.29 is 21.6 Å². The van der Waals surface area contributed by atoms with Crippen LogP contribution in [0.15, 0.2) is 24.3 Å². The van der Waals surface area contributed by atoms with E-state index in [9.17, 15) is 21.6 Å². The maximum Gasteiger partial charge on any atom is 0.416 e. The highest BCUT2D eigenvalue weighted by atomic mass is 32.2. The third-order valence-corrected chi connectivity index (χ3v) is 3.40. The minimum atomic E-state index is -4.50. The van der Waals surface area contributed by atoms with E-state index in [-0.39, 0.29) is 11.3 Å². The van der Waals surface area contributed by atoms with E-state index in [4.69, 9.17) is 0 Å². The van der Waals surface area contributed by atoms with Crippen LogP contribution in [0.3, 0.4) is 0 Å². The lowest BCUT2D eigenvalue weighted by atomic mass is 10.0. The number of hydrogen-bond donors (Lipinski definition) is 1. The van der Waals surface area contributed by atoms with Crippen LogP contribution in [0, 0.1) is 0 Å². The van der Waals surface area contributed by atoms with Crippen molar-refractivity contribution in [2.45, 2.75) is 12.2 Å². The van der Waals surface area contributed by atoms with Crippen LogP contribution in [0.5, 0.6) is 0 Å². The maximum absolute atomic E-state index is 12.8. The molecule has 1 rings (SSSR count). The molecule has 0 aromatic heterocycles. The van der Waals surface area contributed by atoms with Crippen LogP contribution in [0.1, 0.15) is 17.2 Å². The second kappa shape index (κ2) is 5.27. The first kappa shape index (κ1) is 15.0. The number of benzene rings is 1. The molecule has 0 saturated carbocycles. The number of nitrogens with one attached hydrogen (secondary N) is 1. The first-order valence-corrected chi connectivity index (χ1v) is 7.22. The summed E-state index contributed by atoms with van der Waals surface area (Å²) >= 11 is 0. The van der Waals surface area contributed by atoms with Crippen molar-refractivity contribution in [1.82, 2.24) is 5.32 Å². The van der Waals surface area contributed by atoms with E-state index in [0.717, 1.165) is 12.3 Å². The van der Waals surface area contributed by atoms with E-state index in [1.807, 2.05) is 0 Å². The number of hydrogen-bond acceptors (Lipinski definition) is 3. The summed E-state index contributed by atoms with van der Waals surface area (Å²) in [6, 6.07) is 4.09. The van der Waals surface area contributed by atoms with Crippen LogP contribution in [0.2, 0.25) is 0 Å². The Bertz CT molecular complexity index is 511. The highest BCUT2D eigenvalue weighted by Crippen LogP contribution is 2.34. The molecule has 1 atom stereocenters. The molecule has 0 radical (unpaired) electrons. The normalized spacial score (nSPS) is 14.5. The van der Waals surface area contributed by atoms with Gasteiger partial charge in [-0.05, 0) is 18.7 Å². The molecule has 0 bridgehead atoms. The summed E-state index contributed by atoms with van der Waals surface area (Å²) in [6.07, 6.45) is -3.50. The van der Waals surface area contributed by atoms with Crippen molar-refractivity contribution in [2.24, 2.45) is 0 Å². The largest absolute Gasteiger partial charge is 0.416 e. The molecule has 0 aliphatic rings. The van der Waals surface area contributed by atoms with Gasteiger partial charge in [-0.3, -0.25) is 0 Å². The lowest BCUT2D eigenvalue weighted by molar-refractivity contribution is -0.138. The summed E-state index contributed by atoms with van der Waals surface area (Å²) in [5, 5.41) is 2.61. The van der Waals surface area contributed by atoms with E-state index in [2.05, 4.69) is 5.32 Å². The molecule has 0 aliphatic heterocycles. The first-order valence-electron chi connectivity index (χ1n) is 5.16. The van der Waals surface area contributed by atoms with Crippen molar-refractivity contribution in [1.29, 1.82) is 0 Å². The fraction of sp³-hybridized carbons (Fsp3) is 0.455. The van der Waals surface area contributed by atoms with Crippen LogP contribution < -0.4 is 5.32 Å². The predicted octanol–water partition coefficient (Wildman–Crippen LogP) is 2.01. The highest BCUT2D eigenvalue weighted by molar-refractivity contribution is 7.90. The fourth-order valence-corrected chi connectivity index (χ4v) is 2.64. The van der Waals surface area contributed by atoms with Gasteiger partial charge >= 0.3 is 6.18 Å². The van der Waals surface area contributed by atoms with Crippen LogP contribution in [-0.4, -0.2) is 27.5 Å². The molecule has 0 spiro atoms. The lowest BCUT2D eigenvalue weighted by Crippen LogP contribution is -2.27. The molecule has 0 heterocycles. The van der Waals surface area contributed by atoms with Crippen LogP contribution >= 0.6 is 0 Å². The maximum atomic E-state index is 12.8. The van der Waals surface area contributed by atoms with Gasteiger partial charge in [0.1, 0.15) is 9.84 Å². The molecule has 3 nitrogen and oxygen atoms in total. The Morgan fingerprint density at radius 1 is 1.28 bits per heavy atom. The summed E-state index contributed by atoms with van der Waals surface area (Å²) < 4.78 is 60.8. The summed E-state index contributed by atoms with van der Waals surface area (Å²) in [7, 11) is -1.94. The van der Waals surface area contributed by atoms with E-state index in [0.29, 0.717) is 0 Å². The van der Waals surface area contributed by atoms with Crippen molar-refractivity contribution in [2.75, 3.05) is 19.1 Å². The standard InChI is InChI=1S/C11H14F3NO2S/c1-15-10(7-18(2,16)17)8-5-3-4-6-9(8)11(12,13)14/h3-6,10,15H,7H2,1-2H3. The second-order valence-corrected chi connectivity index (χ2v) is 6.20. The van der Waals surface area contributed by atoms with E-state index in [1.54, 1.807) is 0 Å². The van der Waals surface area contributed by atoms with E-state index >= 15 is 0 Å². The molecule has 0 saturated heterocycles. The van der Waals surface area contributed by atoms with Gasteiger partial charge in [0.2, 0.25) is 0 Å². The molecule has 1 aromatic rings. The average molecular weight is 281 g/mol. The van der Waals surface area contributed by atoms with Gasteiger partial charge in [0.05, 0.1) is 11.3 Å². The van der Waals surface area contributed by atoms with Crippen molar-refractivity contribution in [3.63, 3.8) is 0 Å². The number of halogens is 3. The zero-order valence-corrected chi connectivity index (χ0v) is 10.8. The van der Waals surface area contributed by atoms with Gasteiger partial charge < -0.3 is 5.32 Å². The zero-order valence-electron chi connectivity index (χ0n) is 9.95. The molecule has 102 valence electrons. The summed E-state index contributed by atoms with van der Waals surface area (Å²) in [5.74, 6) is -0.378. The van der Waals surface area contributed by atoms with Crippen LogP contribution in [0.4, 0.5) is 13.2 Å². The predicted molar refractivity (Wildman–Crippen MR) is 63.0 cm³/mol. The summed E-state index contributed by atoms with van der Waals surface area (Å²) in [4.78, 5) is 0. The summed E-state index contributed by atoms with van der Waals surface area (Å²) in [6.45, 7) is 0. The number of alkyl halides is 3. The Balaban J connectivity index is 3.22. The molecular weight excluding hydrogens is 267 g/mol. The molecule has 1 aromatic carbocycles. The van der Waals surface area contributed by atoms with E-state index < -0.39 is 27.6 Å². The second-order valence-electron chi connectivity index (χ2n) is 4.02. The van der Waals surface area contributed by atoms with Gasteiger partial charge in [0, 0.05) is 12.3 Å². The highest BCUT2D eigenvalue weighted by Gasteiger charge is 2.35. The topological polar surface area (TPSA) is 46.2 Å². The Hall–Kier alpha value is -1.08. The summed E-state index contributed by atoms with van der Waals surface area (Å²) in [5.41, 5.74) is -0.870. The molecule has 0 amide bonds. The first-order chi connectivity index (χ1) is 8.15. The average Bonchev–Trinajstić information content (AvgIpc) is 2.23. The van der Waals surface area contributed by atoms with Gasteiger partial charge in [-0.15, -0.1) is 0 Å². The Morgan fingerprint density at radius 3 is 2.28 bits per heavy atom. The molecule has 18 heavy (non-hydrogen) atoms. The molecule has 0 fully saturated rings. The minimum absolute atomic E-state index is 0.0575. The SMILES string of the molecule is CNC(CS(C)(=O)=O)c1ccccc1C(F)(F)F. The smallest absolute Gasteiger partial charge is 0.312 e. The van der Waals surface area contributed by atoms with Gasteiger partial charge in [0.25, 0.3) is 0 Å². The van der Waals surface area contributed by atoms with Gasteiger partial charge in [-0.1, -0.05) is 18.2 Å². The van der Waals surface area contributed by atoms with Gasteiger partial charge in [0.15, 0.2) is 0 Å². The lowest BCUT2D eigenvalue weighted by Gasteiger charge is -2.20. The molecular formula is C11H14F3NO2S. The Morgan fingerprint density at radius 2 is 1.83 bits per heavy atom. The molecule has 1 N–H and O–H groups in total. The van der Waals surface area contributed by atoms with Crippen molar-refractivity contribution in [3.8, 4) is 0 Å². The quantitative estimate of drug-likeness (QED) is 0.918. The molecule has 7 heteroatoms. The number of rotatable bonds is 4. The van der Waals surface area contributed by atoms with Crippen molar-refractivity contribution >= 4 is 9.84 Å². The fourth-order valence-electron chi connectivity index (χ4n) is 1.69. The van der Waals surface area contributed by atoms with Crippen LogP contribution in [0.25, 0.3) is 0 Å². The number of sulfone groups is 1. The Labute approximate surface area is 104 Å². The third kappa shape index (κ3) is 3.99. The van der Waals surface area contributed by atoms with Crippen molar-refractivity contribution in [3.05, 3.63) is 35.4 Å². The Kier molecular flexibility index (Phi) is 4.39. The van der Waals surface area contributed by atoms with Gasteiger partial charge in [-0.25, -0.2) is 8.42 Å². The minimum Gasteiger partial charge on any atom is -0.312 e. The van der Waals surface area contributed by atoms with E-state index in [1.165, 1.54) is 25.2 Å². The monoisotopic (exact) mass is 281 g/mol. The van der Waals surface area contributed by atoms with Gasteiger partial charge in [-0.2, -0.15) is 13.2 Å².